The molecule has 1 atom stereocenters. The monoisotopic (exact) mass is 382 g/mol. The van der Waals surface area contributed by atoms with Crippen LogP contribution in [0.5, 0.6) is 5.75 Å². The lowest BCUT2D eigenvalue weighted by atomic mass is 10.0. The molecule has 0 spiro atoms. The van der Waals surface area contributed by atoms with Gasteiger partial charge in [0.2, 0.25) is 0 Å². The van der Waals surface area contributed by atoms with Crippen molar-refractivity contribution in [2.24, 2.45) is 0 Å². The lowest BCUT2D eigenvalue weighted by Crippen LogP contribution is -3.16. The normalized spacial score (nSPS) is 15.9. The second-order valence-corrected chi connectivity index (χ2v) is 7.41. The summed E-state index contributed by atoms with van der Waals surface area (Å²) in [6, 6.07) is 18.5. The molecule has 1 saturated heterocycles. The third kappa shape index (κ3) is 5.26. The molecule has 2 aromatic rings. The van der Waals surface area contributed by atoms with Gasteiger partial charge in [0.15, 0.2) is 6.54 Å². The molecule has 2 aromatic carbocycles. The molecule has 5 heteroatoms. The summed E-state index contributed by atoms with van der Waals surface area (Å²) in [5.74, 6) is 1.05. The molecule has 0 aromatic heterocycles. The molecule has 0 saturated carbocycles. The summed E-state index contributed by atoms with van der Waals surface area (Å²) < 4.78 is 5.49. The molecule has 1 aliphatic heterocycles. The number of ether oxygens (including phenoxy) is 1. The molecule has 0 bridgehead atoms. The zero-order chi connectivity index (χ0) is 19.8. The Kier molecular flexibility index (Phi) is 7.31. The van der Waals surface area contributed by atoms with Crippen LogP contribution in [0.4, 0.5) is 5.69 Å². The number of carbonyl (C=O) groups excluding carboxylic acids is 1. The number of carbonyl (C=O) groups is 1. The second-order valence-electron chi connectivity index (χ2n) is 7.41. The number of rotatable bonds is 8. The van der Waals surface area contributed by atoms with Crippen molar-refractivity contribution in [3.63, 3.8) is 0 Å². The molecule has 2 N–H and O–H groups in total. The van der Waals surface area contributed by atoms with E-state index in [9.17, 15) is 4.79 Å². The molecule has 28 heavy (non-hydrogen) atoms. The largest absolute Gasteiger partial charge is 0.495 e. The van der Waals surface area contributed by atoms with Crippen LogP contribution in [0.3, 0.4) is 0 Å². The highest BCUT2D eigenvalue weighted by Gasteiger charge is 2.25. The second kappa shape index (κ2) is 10.1. The molecule has 3 rings (SSSR count). The van der Waals surface area contributed by atoms with Gasteiger partial charge in [0.25, 0.3) is 5.91 Å². The third-order valence-electron chi connectivity index (χ3n) is 5.42. The van der Waals surface area contributed by atoms with Crippen LogP contribution in [0, 0.1) is 0 Å². The first-order valence-electron chi connectivity index (χ1n) is 10.3. The molecule has 1 aliphatic rings. The van der Waals surface area contributed by atoms with Gasteiger partial charge in [-0.3, -0.25) is 4.79 Å². The minimum absolute atomic E-state index is 0.105. The predicted molar refractivity (Wildman–Crippen MR) is 113 cm³/mol. The lowest BCUT2D eigenvalue weighted by Gasteiger charge is -2.34. The van der Waals surface area contributed by atoms with Gasteiger partial charge < -0.3 is 19.9 Å². The molecule has 5 nitrogen and oxygen atoms in total. The van der Waals surface area contributed by atoms with Crippen molar-refractivity contribution in [3.05, 3.63) is 60.2 Å². The van der Waals surface area contributed by atoms with E-state index in [4.69, 9.17) is 4.74 Å². The maximum absolute atomic E-state index is 12.7. The minimum atomic E-state index is 0.105. The summed E-state index contributed by atoms with van der Waals surface area (Å²) in [5.41, 5.74) is 2.33. The Balaban J connectivity index is 1.52. The Morgan fingerprint density at radius 3 is 2.46 bits per heavy atom. The van der Waals surface area contributed by atoms with E-state index in [1.165, 1.54) is 10.5 Å². The highest BCUT2D eigenvalue weighted by molar-refractivity contribution is 5.77. The van der Waals surface area contributed by atoms with Crippen LogP contribution in [0.2, 0.25) is 0 Å². The van der Waals surface area contributed by atoms with Crippen molar-refractivity contribution in [3.8, 4) is 5.75 Å². The first-order valence-corrected chi connectivity index (χ1v) is 10.3. The fourth-order valence-electron chi connectivity index (χ4n) is 3.90. The van der Waals surface area contributed by atoms with Gasteiger partial charge in [-0.05, 0) is 24.1 Å². The SMILES string of the molecule is CCC[C@@H](NC(=O)C[NH+]1CCN(c2ccccc2OC)CC1)c1ccccc1. The van der Waals surface area contributed by atoms with Crippen LogP contribution >= 0.6 is 0 Å². The number of hydrogen-bond donors (Lipinski definition) is 2. The van der Waals surface area contributed by atoms with Crippen LogP contribution in [-0.2, 0) is 4.79 Å². The Bertz CT molecular complexity index is 743. The van der Waals surface area contributed by atoms with E-state index in [1.54, 1.807) is 7.11 Å². The number of nitrogens with zero attached hydrogens (tertiary/aromatic N) is 1. The van der Waals surface area contributed by atoms with Crippen molar-refractivity contribution < 1.29 is 14.4 Å². The van der Waals surface area contributed by atoms with Crippen molar-refractivity contribution >= 4 is 11.6 Å². The summed E-state index contributed by atoms with van der Waals surface area (Å²) in [6.45, 7) is 6.46. The zero-order valence-electron chi connectivity index (χ0n) is 17.0. The Morgan fingerprint density at radius 2 is 1.79 bits per heavy atom. The van der Waals surface area contributed by atoms with Gasteiger partial charge in [0.1, 0.15) is 5.75 Å². The summed E-state index contributed by atoms with van der Waals surface area (Å²) in [7, 11) is 1.71. The third-order valence-corrected chi connectivity index (χ3v) is 5.42. The number of para-hydroxylation sites is 2. The van der Waals surface area contributed by atoms with Crippen LogP contribution in [0.15, 0.2) is 54.6 Å². The minimum Gasteiger partial charge on any atom is -0.495 e. The molecule has 1 fully saturated rings. The highest BCUT2D eigenvalue weighted by atomic mass is 16.5. The molecular formula is C23H32N3O2+. The molecule has 150 valence electrons. The van der Waals surface area contributed by atoms with Gasteiger partial charge in [-0.1, -0.05) is 55.8 Å². The summed E-state index contributed by atoms with van der Waals surface area (Å²) in [4.78, 5) is 16.3. The van der Waals surface area contributed by atoms with E-state index in [0.717, 1.165) is 50.5 Å². The topological polar surface area (TPSA) is 46.0 Å². The van der Waals surface area contributed by atoms with E-state index in [1.807, 2.05) is 36.4 Å². The first-order chi connectivity index (χ1) is 13.7. The van der Waals surface area contributed by atoms with Crippen LogP contribution in [0.1, 0.15) is 31.4 Å². The smallest absolute Gasteiger partial charge is 0.275 e. The summed E-state index contributed by atoms with van der Waals surface area (Å²) >= 11 is 0. The lowest BCUT2D eigenvalue weighted by molar-refractivity contribution is -0.892. The Labute approximate surface area is 168 Å². The molecular weight excluding hydrogens is 350 g/mol. The number of anilines is 1. The fourth-order valence-corrected chi connectivity index (χ4v) is 3.90. The number of nitrogens with one attached hydrogen (secondary N) is 2. The molecule has 0 aliphatic carbocycles. The maximum atomic E-state index is 12.7. The molecule has 1 amide bonds. The average molecular weight is 383 g/mol. The van der Waals surface area contributed by atoms with E-state index >= 15 is 0 Å². The van der Waals surface area contributed by atoms with Gasteiger partial charge in [0.05, 0.1) is 45.0 Å². The maximum Gasteiger partial charge on any atom is 0.275 e. The van der Waals surface area contributed by atoms with Crippen LogP contribution in [-0.4, -0.2) is 45.7 Å². The number of piperazine rings is 1. The highest BCUT2D eigenvalue weighted by Crippen LogP contribution is 2.27. The summed E-state index contributed by atoms with van der Waals surface area (Å²) in [6.07, 6.45) is 2.01. The number of benzene rings is 2. The Morgan fingerprint density at radius 1 is 1.11 bits per heavy atom. The van der Waals surface area contributed by atoms with Gasteiger partial charge in [-0.2, -0.15) is 0 Å². The van der Waals surface area contributed by atoms with E-state index in [2.05, 4.69) is 35.3 Å². The molecule has 1 heterocycles. The zero-order valence-corrected chi connectivity index (χ0v) is 17.0. The van der Waals surface area contributed by atoms with Gasteiger partial charge in [-0.15, -0.1) is 0 Å². The molecule has 0 radical (unpaired) electrons. The number of quaternary nitrogens is 1. The van der Waals surface area contributed by atoms with Crippen LogP contribution in [0.25, 0.3) is 0 Å². The average Bonchev–Trinajstić information content (AvgIpc) is 2.74. The first kappa shape index (κ1) is 20.2. The number of amides is 1. The van der Waals surface area contributed by atoms with Gasteiger partial charge >= 0.3 is 0 Å². The van der Waals surface area contributed by atoms with E-state index in [-0.39, 0.29) is 11.9 Å². The number of hydrogen-bond acceptors (Lipinski definition) is 3. The van der Waals surface area contributed by atoms with Crippen molar-refractivity contribution in [1.29, 1.82) is 0 Å². The van der Waals surface area contributed by atoms with Crippen molar-refractivity contribution in [1.82, 2.24) is 5.32 Å². The standard InChI is InChI=1S/C23H31N3O2/c1-3-9-20(19-10-5-4-6-11-19)24-23(27)18-25-14-16-26(17-15-25)21-12-7-8-13-22(21)28-2/h4-8,10-13,20H,3,9,14-18H2,1-2H3,(H,24,27)/p+1/t20-/m1/s1. The molecule has 0 unspecified atom stereocenters. The predicted octanol–water partition coefficient (Wildman–Crippen LogP) is 2.06. The Hall–Kier alpha value is -2.53. The van der Waals surface area contributed by atoms with Crippen molar-refractivity contribution in [2.75, 3.05) is 44.7 Å². The fraction of sp³-hybridized carbons (Fsp3) is 0.435. The summed E-state index contributed by atoms with van der Waals surface area (Å²) in [5, 5.41) is 3.25. The van der Waals surface area contributed by atoms with Gasteiger partial charge in [-0.25, -0.2) is 0 Å². The van der Waals surface area contributed by atoms with E-state index < -0.39 is 0 Å². The quantitative estimate of drug-likeness (QED) is 0.735. The van der Waals surface area contributed by atoms with E-state index in [0.29, 0.717) is 6.54 Å². The number of methoxy groups -OCH3 is 1. The van der Waals surface area contributed by atoms with Crippen LogP contribution < -0.4 is 19.9 Å². The van der Waals surface area contributed by atoms with Gasteiger partial charge in [0, 0.05) is 0 Å². The van der Waals surface area contributed by atoms with Crippen molar-refractivity contribution in [2.45, 2.75) is 25.8 Å².